The van der Waals surface area contributed by atoms with Crippen molar-refractivity contribution in [2.45, 2.75) is 87.0 Å². The van der Waals surface area contributed by atoms with E-state index in [1.54, 1.807) is 0 Å². The molecule has 0 saturated heterocycles. The lowest BCUT2D eigenvalue weighted by Crippen LogP contribution is -2.45. The van der Waals surface area contributed by atoms with E-state index in [0.29, 0.717) is 0 Å². The zero-order valence-electron chi connectivity index (χ0n) is 15.3. The van der Waals surface area contributed by atoms with Crippen molar-refractivity contribution < 1.29 is 0 Å². The lowest BCUT2D eigenvalue weighted by atomic mass is 9.54. The molecule has 0 heteroatoms. The van der Waals surface area contributed by atoms with Crippen LogP contribution in [-0.4, -0.2) is 0 Å². The van der Waals surface area contributed by atoms with Crippen LogP contribution in [0.25, 0.3) is 0 Å². The molecule has 0 aliphatic heterocycles. The molecule has 1 saturated carbocycles. The zero-order valence-corrected chi connectivity index (χ0v) is 15.3. The van der Waals surface area contributed by atoms with E-state index in [1.807, 2.05) is 0 Å². The van der Waals surface area contributed by atoms with E-state index in [0.717, 1.165) is 41.4 Å². The fraction of sp³-hybridized carbons (Fsp3) is 1.00. The summed E-state index contributed by atoms with van der Waals surface area (Å²) in [6.45, 7) is 17.1. The summed E-state index contributed by atoms with van der Waals surface area (Å²) in [5.41, 5.74) is 0. The topological polar surface area (TPSA) is 0 Å². The molecule has 0 bridgehead atoms. The first-order valence-corrected chi connectivity index (χ1v) is 9.42. The molecule has 0 radical (unpaired) electrons. The van der Waals surface area contributed by atoms with Gasteiger partial charge in [-0.1, -0.05) is 74.1 Å². The van der Waals surface area contributed by atoms with Gasteiger partial charge in [0.15, 0.2) is 0 Å². The maximum absolute atomic E-state index is 2.53. The first-order valence-electron chi connectivity index (χ1n) is 9.42. The van der Waals surface area contributed by atoms with Crippen LogP contribution in [0.3, 0.4) is 0 Å². The molecule has 1 fully saturated rings. The minimum Gasteiger partial charge on any atom is -0.0654 e. The highest BCUT2D eigenvalue weighted by Crippen LogP contribution is 2.52. The second kappa shape index (κ2) is 8.44. The van der Waals surface area contributed by atoms with E-state index >= 15 is 0 Å². The van der Waals surface area contributed by atoms with Crippen molar-refractivity contribution in [3.63, 3.8) is 0 Å². The molecule has 0 aromatic carbocycles. The van der Waals surface area contributed by atoms with Crippen molar-refractivity contribution in [3.8, 4) is 0 Å². The smallest absolute Gasteiger partial charge is 0.0354 e. The molecule has 0 spiro atoms. The van der Waals surface area contributed by atoms with Gasteiger partial charge in [-0.25, -0.2) is 0 Å². The van der Waals surface area contributed by atoms with Crippen molar-refractivity contribution in [2.24, 2.45) is 41.4 Å². The van der Waals surface area contributed by atoms with Crippen LogP contribution in [0.15, 0.2) is 0 Å². The molecule has 0 amide bonds. The quantitative estimate of drug-likeness (QED) is 0.436. The molecule has 0 aromatic heterocycles. The molecular formula is C20H40. The van der Waals surface area contributed by atoms with Gasteiger partial charge in [0.25, 0.3) is 0 Å². The van der Waals surface area contributed by atoms with Gasteiger partial charge in [0.05, 0.1) is 0 Å². The lowest BCUT2D eigenvalue weighted by molar-refractivity contribution is -0.0270. The van der Waals surface area contributed by atoms with Gasteiger partial charge >= 0.3 is 0 Å². The van der Waals surface area contributed by atoms with Crippen LogP contribution >= 0.6 is 0 Å². The Balaban J connectivity index is 2.57. The van der Waals surface area contributed by atoms with Gasteiger partial charge in [-0.3, -0.25) is 0 Å². The standard InChI is InChI=1S/C20H40/c1-8-10-15(5)18(12-14(3)4)13-20-16(6)19(11-9-2)17(20)7/h14-20H,8-13H2,1-7H3. The minimum absolute atomic E-state index is 0.858. The fourth-order valence-corrected chi connectivity index (χ4v) is 4.94. The molecular weight excluding hydrogens is 240 g/mol. The Kier molecular flexibility index (Phi) is 7.62. The molecule has 0 nitrogen and oxygen atoms in total. The summed E-state index contributed by atoms with van der Waals surface area (Å²) in [4.78, 5) is 0. The van der Waals surface area contributed by atoms with Gasteiger partial charge in [0.2, 0.25) is 0 Å². The second-order valence-corrected chi connectivity index (χ2v) is 8.23. The van der Waals surface area contributed by atoms with E-state index < -0.39 is 0 Å². The molecule has 1 rings (SSSR count). The van der Waals surface area contributed by atoms with Crippen molar-refractivity contribution >= 4 is 0 Å². The molecule has 120 valence electrons. The van der Waals surface area contributed by atoms with Gasteiger partial charge in [0, 0.05) is 0 Å². The first kappa shape index (κ1) is 18.1. The summed E-state index contributed by atoms with van der Waals surface area (Å²) < 4.78 is 0. The van der Waals surface area contributed by atoms with Crippen LogP contribution in [0, 0.1) is 41.4 Å². The third-order valence-corrected chi connectivity index (χ3v) is 6.22. The van der Waals surface area contributed by atoms with Gasteiger partial charge in [-0.15, -0.1) is 0 Å². The summed E-state index contributed by atoms with van der Waals surface area (Å²) in [5, 5.41) is 0. The van der Waals surface area contributed by atoms with E-state index in [1.165, 1.54) is 38.5 Å². The van der Waals surface area contributed by atoms with Gasteiger partial charge in [-0.2, -0.15) is 0 Å². The predicted molar refractivity (Wildman–Crippen MR) is 91.9 cm³/mol. The highest BCUT2D eigenvalue weighted by Gasteiger charge is 2.44. The fourth-order valence-electron chi connectivity index (χ4n) is 4.94. The Morgan fingerprint density at radius 1 is 0.850 bits per heavy atom. The van der Waals surface area contributed by atoms with Crippen LogP contribution in [0.2, 0.25) is 0 Å². The summed E-state index contributed by atoms with van der Waals surface area (Å²) in [5.74, 6) is 6.73. The van der Waals surface area contributed by atoms with Crippen molar-refractivity contribution in [1.82, 2.24) is 0 Å². The van der Waals surface area contributed by atoms with E-state index in [4.69, 9.17) is 0 Å². The molecule has 20 heavy (non-hydrogen) atoms. The summed E-state index contributed by atoms with van der Waals surface area (Å²) in [7, 11) is 0. The summed E-state index contributed by atoms with van der Waals surface area (Å²) in [6, 6.07) is 0. The molecule has 4 atom stereocenters. The van der Waals surface area contributed by atoms with Crippen LogP contribution < -0.4 is 0 Å². The normalized spacial score (nSPS) is 33.0. The average Bonchev–Trinajstić information content (AvgIpc) is 2.40. The van der Waals surface area contributed by atoms with Gasteiger partial charge in [0.1, 0.15) is 0 Å². The number of hydrogen-bond acceptors (Lipinski definition) is 0. The van der Waals surface area contributed by atoms with E-state index in [9.17, 15) is 0 Å². The average molecular weight is 281 g/mol. The Morgan fingerprint density at radius 3 is 1.90 bits per heavy atom. The summed E-state index contributed by atoms with van der Waals surface area (Å²) >= 11 is 0. The molecule has 4 unspecified atom stereocenters. The van der Waals surface area contributed by atoms with Gasteiger partial charge < -0.3 is 0 Å². The number of rotatable bonds is 9. The molecule has 1 aliphatic rings. The number of hydrogen-bond donors (Lipinski definition) is 0. The third-order valence-electron chi connectivity index (χ3n) is 6.22. The predicted octanol–water partition coefficient (Wildman–Crippen LogP) is 6.79. The maximum atomic E-state index is 2.53. The van der Waals surface area contributed by atoms with E-state index in [-0.39, 0.29) is 0 Å². The van der Waals surface area contributed by atoms with Crippen molar-refractivity contribution in [1.29, 1.82) is 0 Å². The Morgan fingerprint density at radius 2 is 1.45 bits per heavy atom. The molecule has 0 N–H and O–H groups in total. The largest absolute Gasteiger partial charge is 0.0654 e. The maximum Gasteiger partial charge on any atom is -0.0354 e. The van der Waals surface area contributed by atoms with Crippen LogP contribution in [0.5, 0.6) is 0 Å². The monoisotopic (exact) mass is 280 g/mol. The van der Waals surface area contributed by atoms with Gasteiger partial charge in [-0.05, 0) is 54.3 Å². The lowest BCUT2D eigenvalue weighted by Gasteiger charge is -2.51. The first-order chi connectivity index (χ1) is 9.42. The van der Waals surface area contributed by atoms with Crippen LogP contribution in [-0.2, 0) is 0 Å². The Labute approximate surface area is 129 Å². The highest BCUT2D eigenvalue weighted by molar-refractivity contribution is 4.93. The highest BCUT2D eigenvalue weighted by atomic mass is 14.5. The molecule has 0 aromatic rings. The van der Waals surface area contributed by atoms with Crippen LogP contribution in [0.4, 0.5) is 0 Å². The Hall–Kier alpha value is 0. The van der Waals surface area contributed by atoms with Crippen molar-refractivity contribution in [2.75, 3.05) is 0 Å². The Bertz CT molecular complexity index is 245. The minimum atomic E-state index is 0.858. The van der Waals surface area contributed by atoms with Crippen LogP contribution in [0.1, 0.15) is 87.0 Å². The van der Waals surface area contributed by atoms with Crippen molar-refractivity contribution in [3.05, 3.63) is 0 Å². The zero-order chi connectivity index (χ0) is 15.3. The van der Waals surface area contributed by atoms with E-state index in [2.05, 4.69) is 48.5 Å². The SMILES string of the molecule is CCCC(C)C(CC(C)C)CC1C(C)C(CCC)C1C. The second-order valence-electron chi connectivity index (χ2n) is 8.23. The molecule has 1 aliphatic carbocycles. The summed E-state index contributed by atoms with van der Waals surface area (Å²) in [6.07, 6.45) is 8.54. The third kappa shape index (κ3) is 4.50. The molecule has 0 heterocycles.